The van der Waals surface area contributed by atoms with Gasteiger partial charge in [0.1, 0.15) is 11.8 Å². The number of rotatable bonds is 4. The third-order valence-electron chi connectivity index (χ3n) is 3.60. The molecule has 0 saturated carbocycles. The minimum absolute atomic E-state index is 0.0751. The third kappa shape index (κ3) is 3.72. The topological polar surface area (TPSA) is 70.7 Å². The molecule has 2 N–H and O–H groups in total. The number of carbonyl (C=O) groups is 2. The highest BCUT2D eigenvalue weighted by molar-refractivity contribution is 5.87. The second kappa shape index (κ2) is 7.08. The van der Waals surface area contributed by atoms with E-state index < -0.39 is 6.04 Å². The lowest BCUT2D eigenvalue weighted by Gasteiger charge is -2.34. The smallest absolute Gasteiger partial charge is 0.244 e. The molecule has 21 heavy (non-hydrogen) atoms. The van der Waals surface area contributed by atoms with Gasteiger partial charge >= 0.3 is 0 Å². The summed E-state index contributed by atoms with van der Waals surface area (Å²) in [5.41, 5.74) is 0.909. The Kier molecular flexibility index (Phi) is 5.16. The molecule has 114 valence electrons. The van der Waals surface area contributed by atoms with E-state index in [1.807, 2.05) is 24.3 Å². The summed E-state index contributed by atoms with van der Waals surface area (Å²) < 4.78 is 5.25. The van der Waals surface area contributed by atoms with E-state index in [9.17, 15) is 9.59 Å². The normalized spacial score (nSPS) is 18.2. The van der Waals surface area contributed by atoms with Crippen LogP contribution >= 0.6 is 0 Å². The number of hydrogen-bond donors (Lipinski definition) is 2. The Hall–Kier alpha value is -2.08. The minimum atomic E-state index is -0.453. The van der Waals surface area contributed by atoms with Crippen LogP contribution in [0.25, 0.3) is 0 Å². The first kappa shape index (κ1) is 15.3. The SMILES string of the molecule is COc1ccccc1CNC(=O)[C@H]1CNCCN1C(C)=O. The van der Waals surface area contributed by atoms with Gasteiger partial charge in [-0.1, -0.05) is 18.2 Å². The van der Waals surface area contributed by atoms with E-state index in [2.05, 4.69) is 10.6 Å². The maximum Gasteiger partial charge on any atom is 0.244 e. The summed E-state index contributed by atoms with van der Waals surface area (Å²) >= 11 is 0. The van der Waals surface area contributed by atoms with Crippen LogP contribution in [0.3, 0.4) is 0 Å². The zero-order valence-electron chi connectivity index (χ0n) is 12.4. The Morgan fingerprint density at radius 2 is 2.19 bits per heavy atom. The fourth-order valence-electron chi connectivity index (χ4n) is 2.46. The van der Waals surface area contributed by atoms with E-state index in [1.54, 1.807) is 12.0 Å². The van der Waals surface area contributed by atoms with Crippen molar-refractivity contribution in [3.8, 4) is 5.75 Å². The number of nitrogens with one attached hydrogen (secondary N) is 2. The largest absolute Gasteiger partial charge is 0.496 e. The molecular weight excluding hydrogens is 270 g/mol. The van der Waals surface area contributed by atoms with Crippen molar-refractivity contribution < 1.29 is 14.3 Å². The monoisotopic (exact) mass is 291 g/mol. The van der Waals surface area contributed by atoms with E-state index in [1.165, 1.54) is 6.92 Å². The second-order valence-electron chi connectivity index (χ2n) is 4.96. The number of benzene rings is 1. The van der Waals surface area contributed by atoms with Crippen LogP contribution in [0.5, 0.6) is 5.75 Å². The van der Waals surface area contributed by atoms with Gasteiger partial charge in [0.15, 0.2) is 0 Å². The first-order chi connectivity index (χ1) is 10.1. The summed E-state index contributed by atoms with van der Waals surface area (Å²) in [5.74, 6) is 0.514. The molecule has 0 unspecified atom stereocenters. The van der Waals surface area contributed by atoms with Gasteiger partial charge in [0, 0.05) is 38.7 Å². The second-order valence-corrected chi connectivity index (χ2v) is 4.96. The Morgan fingerprint density at radius 1 is 1.43 bits per heavy atom. The van der Waals surface area contributed by atoms with Crippen molar-refractivity contribution in [2.45, 2.75) is 19.5 Å². The van der Waals surface area contributed by atoms with Gasteiger partial charge in [0.05, 0.1) is 7.11 Å². The first-order valence-corrected chi connectivity index (χ1v) is 7.01. The number of methoxy groups -OCH3 is 1. The van der Waals surface area contributed by atoms with Gasteiger partial charge in [0.25, 0.3) is 0 Å². The molecule has 1 heterocycles. The van der Waals surface area contributed by atoms with Crippen molar-refractivity contribution in [2.24, 2.45) is 0 Å². The zero-order valence-corrected chi connectivity index (χ0v) is 12.4. The van der Waals surface area contributed by atoms with Gasteiger partial charge < -0.3 is 20.3 Å². The maximum absolute atomic E-state index is 12.3. The fraction of sp³-hybridized carbons (Fsp3) is 0.467. The Bertz CT molecular complexity index is 519. The van der Waals surface area contributed by atoms with Crippen LogP contribution < -0.4 is 15.4 Å². The van der Waals surface area contributed by atoms with Crippen molar-refractivity contribution in [2.75, 3.05) is 26.7 Å². The predicted octanol–water partition coefficient (Wildman–Crippen LogP) is 0.132. The zero-order chi connectivity index (χ0) is 15.2. The van der Waals surface area contributed by atoms with Gasteiger partial charge in [-0.15, -0.1) is 0 Å². The van der Waals surface area contributed by atoms with Crippen molar-refractivity contribution in [3.63, 3.8) is 0 Å². The van der Waals surface area contributed by atoms with Crippen LogP contribution in [0.2, 0.25) is 0 Å². The van der Waals surface area contributed by atoms with Crippen LogP contribution in [-0.2, 0) is 16.1 Å². The molecule has 1 atom stereocenters. The quantitative estimate of drug-likeness (QED) is 0.827. The van der Waals surface area contributed by atoms with Crippen LogP contribution in [0.15, 0.2) is 24.3 Å². The lowest BCUT2D eigenvalue weighted by atomic mass is 10.1. The summed E-state index contributed by atoms with van der Waals surface area (Å²) in [4.78, 5) is 25.5. The number of amides is 2. The van der Waals surface area contributed by atoms with Gasteiger partial charge in [-0.05, 0) is 6.07 Å². The summed E-state index contributed by atoms with van der Waals surface area (Å²) in [6.07, 6.45) is 0. The van der Waals surface area contributed by atoms with Crippen LogP contribution in [0.1, 0.15) is 12.5 Å². The Morgan fingerprint density at radius 3 is 2.90 bits per heavy atom. The molecule has 0 bridgehead atoms. The molecule has 6 nitrogen and oxygen atoms in total. The number of nitrogens with zero attached hydrogens (tertiary/aromatic N) is 1. The molecule has 1 fully saturated rings. The van der Waals surface area contributed by atoms with E-state index in [0.29, 0.717) is 19.6 Å². The average Bonchev–Trinajstić information content (AvgIpc) is 2.52. The molecule has 2 rings (SSSR count). The number of carbonyl (C=O) groups excluding carboxylic acids is 2. The lowest BCUT2D eigenvalue weighted by molar-refractivity contribution is -0.140. The van der Waals surface area contributed by atoms with Gasteiger partial charge in [-0.2, -0.15) is 0 Å². The molecule has 1 aromatic rings. The van der Waals surface area contributed by atoms with Crippen LogP contribution in [-0.4, -0.2) is 49.5 Å². The standard InChI is InChI=1S/C15H21N3O3/c1-11(19)18-8-7-16-10-13(18)15(20)17-9-12-5-3-4-6-14(12)21-2/h3-6,13,16H,7-10H2,1-2H3,(H,17,20)/t13-/m1/s1. The van der Waals surface area contributed by atoms with Crippen molar-refractivity contribution in [3.05, 3.63) is 29.8 Å². The summed E-state index contributed by atoms with van der Waals surface area (Å²) in [7, 11) is 1.60. The molecule has 0 spiro atoms. The molecule has 0 aromatic heterocycles. The Labute approximate surface area is 124 Å². The molecular formula is C15H21N3O3. The van der Waals surface area contributed by atoms with E-state index in [4.69, 9.17) is 4.74 Å². The molecule has 0 radical (unpaired) electrons. The number of ether oxygens (including phenoxy) is 1. The molecule has 0 aliphatic carbocycles. The van der Waals surface area contributed by atoms with E-state index >= 15 is 0 Å². The van der Waals surface area contributed by atoms with Crippen molar-refractivity contribution in [1.29, 1.82) is 0 Å². The summed E-state index contributed by atoms with van der Waals surface area (Å²) in [6, 6.07) is 7.08. The molecule has 1 saturated heterocycles. The predicted molar refractivity (Wildman–Crippen MR) is 78.9 cm³/mol. The summed E-state index contributed by atoms with van der Waals surface area (Å²) in [5, 5.41) is 6.02. The van der Waals surface area contributed by atoms with E-state index in [-0.39, 0.29) is 11.8 Å². The van der Waals surface area contributed by atoms with Crippen molar-refractivity contribution in [1.82, 2.24) is 15.5 Å². The Balaban J connectivity index is 1.99. The molecule has 2 amide bonds. The molecule has 6 heteroatoms. The minimum Gasteiger partial charge on any atom is -0.496 e. The van der Waals surface area contributed by atoms with Crippen LogP contribution in [0, 0.1) is 0 Å². The van der Waals surface area contributed by atoms with Crippen molar-refractivity contribution >= 4 is 11.8 Å². The van der Waals surface area contributed by atoms with Crippen LogP contribution in [0.4, 0.5) is 0 Å². The lowest BCUT2D eigenvalue weighted by Crippen LogP contribution is -2.59. The highest BCUT2D eigenvalue weighted by atomic mass is 16.5. The maximum atomic E-state index is 12.3. The third-order valence-corrected chi connectivity index (χ3v) is 3.60. The van der Waals surface area contributed by atoms with E-state index in [0.717, 1.165) is 17.9 Å². The molecule has 1 aromatic carbocycles. The molecule has 1 aliphatic rings. The fourth-order valence-corrected chi connectivity index (χ4v) is 2.46. The highest BCUT2D eigenvalue weighted by Gasteiger charge is 2.30. The van der Waals surface area contributed by atoms with Gasteiger partial charge in [0.2, 0.25) is 11.8 Å². The summed E-state index contributed by atoms with van der Waals surface area (Å²) in [6.45, 7) is 3.63. The first-order valence-electron chi connectivity index (χ1n) is 7.01. The number of para-hydroxylation sites is 1. The van der Waals surface area contributed by atoms with Gasteiger partial charge in [-0.25, -0.2) is 0 Å². The van der Waals surface area contributed by atoms with Gasteiger partial charge in [-0.3, -0.25) is 9.59 Å². The number of hydrogen-bond acceptors (Lipinski definition) is 4. The highest BCUT2D eigenvalue weighted by Crippen LogP contribution is 2.16. The average molecular weight is 291 g/mol. The molecule has 1 aliphatic heterocycles. The number of piperazine rings is 1.